The topological polar surface area (TPSA) is 44.5 Å². The van der Waals surface area contributed by atoms with E-state index in [4.69, 9.17) is 26.8 Å². The lowest BCUT2D eigenvalue weighted by atomic mass is 9.89. The molecule has 0 bridgehead atoms. The Bertz CT molecular complexity index is 403. The van der Waals surface area contributed by atoms with Crippen molar-refractivity contribution in [1.29, 1.82) is 0 Å². The second-order valence-electron chi connectivity index (χ2n) is 5.30. The molecular formula is C15H22ClNO2. The lowest BCUT2D eigenvalue weighted by Gasteiger charge is -2.28. The highest BCUT2D eigenvalue weighted by Crippen LogP contribution is 2.37. The predicted octanol–water partition coefficient (Wildman–Crippen LogP) is 3.76. The molecule has 0 atom stereocenters. The molecule has 0 amide bonds. The van der Waals surface area contributed by atoms with E-state index in [9.17, 15) is 0 Å². The highest BCUT2D eigenvalue weighted by molar-refractivity contribution is 6.30. The van der Waals surface area contributed by atoms with Gasteiger partial charge in [-0.15, -0.1) is 0 Å². The van der Waals surface area contributed by atoms with Crippen molar-refractivity contribution in [3.63, 3.8) is 0 Å². The summed E-state index contributed by atoms with van der Waals surface area (Å²) in [4.78, 5) is 0. The molecule has 1 aliphatic rings. The standard InChI is InChI=1S/C15H22ClNO2/c1-10-3-5-13(6-4-10)19-15-11(9-17)7-12(16)8-14(15)18-2/h7-8,10,13H,3-6,9,17H2,1-2H3. The Kier molecular flexibility index (Phi) is 4.94. The number of hydrogen-bond acceptors (Lipinski definition) is 3. The van der Waals surface area contributed by atoms with Crippen molar-refractivity contribution >= 4 is 11.6 Å². The number of benzene rings is 1. The second-order valence-corrected chi connectivity index (χ2v) is 5.74. The summed E-state index contributed by atoms with van der Waals surface area (Å²) in [5, 5.41) is 0.627. The Morgan fingerprint density at radius 2 is 1.95 bits per heavy atom. The van der Waals surface area contributed by atoms with E-state index >= 15 is 0 Å². The van der Waals surface area contributed by atoms with E-state index in [1.165, 1.54) is 12.8 Å². The minimum atomic E-state index is 0.261. The monoisotopic (exact) mass is 283 g/mol. The minimum absolute atomic E-state index is 0.261. The van der Waals surface area contributed by atoms with E-state index in [2.05, 4.69) is 6.92 Å². The highest BCUT2D eigenvalue weighted by Gasteiger charge is 2.22. The fourth-order valence-electron chi connectivity index (χ4n) is 2.57. The summed E-state index contributed by atoms with van der Waals surface area (Å²) in [5.41, 5.74) is 6.68. The third-order valence-electron chi connectivity index (χ3n) is 3.78. The summed E-state index contributed by atoms with van der Waals surface area (Å²) in [7, 11) is 1.63. The maximum atomic E-state index is 6.14. The van der Waals surface area contributed by atoms with Crippen LogP contribution in [0.5, 0.6) is 11.5 Å². The number of halogens is 1. The minimum Gasteiger partial charge on any atom is -0.493 e. The van der Waals surface area contributed by atoms with Gasteiger partial charge in [0.2, 0.25) is 0 Å². The van der Waals surface area contributed by atoms with Crippen molar-refractivity contribution in [3.05, 3.63) is 22.7 Å². The fourth-order valence-corrected chi connectivity index (χ4v) is 2.80. The van der Waals surface area contributed by atoms with Gasteiger partial charge in [0.25, 0.3) is 0 Å². The van der Waals surface area contributed by atoms with Gasteiger partial charge in [-0.1, -0.05) is 18.5 Å². The molecule has 0 saturated heterocycles. The number of rotatable bonds is 4. The summed E-state index contributed by atoms with van der Waals surface area (Å²) in [6, 6.07) is 3.63. The van der Waals surface area contributed by atoms with Crippen molar-refractivity contribution in [2.75, 3.05) is 7.11 Å². The van der Waals surface area contributed by atoms with Gasteiger partial charge in [0, 0.05) is 23.2 Å². The average Bonchev–Trinajstić information content (AvgIpc) is 2.42. The second kappa shape index (κ2) is 6.49. The predicted molar refractivity (Wildman–Crippen MR) is 77.9 cm³/mol. The third kappa shape index (κ3) is 3.54. The van der Waals surface area contributed by atoms with E-state index < -0.39 is 0 Å². The van der Waals surface area contributed by atoms with Gasteiger partial charge in [-0.25, -0.2) is 0 Å². The van der Waals surface area contributed by atoms with Crippen LogP contribution in [0, 0.1) is 5.92 Å². The van der Waals surface area contributed by atoms with E-state index in [1.54, 1.807) is 13.2 Å². The van der Waals surface area contributed by atoms with Gasteiger partial charge in [0.1, 0.15) is 0 Å². The first-order valence-electron chi connectivity index (χ1n) is 6.87. The molecule has 1 aliphatic carbocycles. The van der Waals surface area contributed by atoms with Crippen LogP contribution in [0.4, 0.5) is 0 Å². The van der Waals surface area contributed by atoms with Crippen molar-refractivity contribution in [2.24, 2.45) is 11.7 Å². The largest absolute Gasteiger partial charge is 0.493 e. The zero-order valence-corrected chi connectivity index (χ0v) is 12.4. The van der Waals surface area contributed by atoms with Crippen LogP contribution >= 0.6 is 11.6 Å². The Hall–Kier alpha value is -0.930. The van der Waals surface area contributed by atoms with Gasteiger partial charge in [-0.2, -0.15) is 0 Å². The van der Waals surface area contributed by atoms with Gasteiger partial charge in [-0.3, -0.25) is 0 Å². The SMILES string of the molecule is COc1cc(Cl)cc(CN)c1OC1CCC(C)CC1. The van der Waals surface area contributed by atoms with Crippen LogP contribution in [-0.2, 0) is 6.54 Å². The van der Waals surface area contributed by atoms with Crippen molar-refractivity contribution in [2.45, 2.75) is 45.3 Å². The van der Waals surface area contributed by atoms with Crippen molar-refractivity contribution in [1.82, 2.24) is 0 Å². The lowest BCUT2D eigenvalue weighted by molar-refractivity contribution is 0.130. The molecule has 0 radical (unpaired) electrons. The van der Waals surface area contributed by atoms with Crippen LogP contribution in [0.1, 0.15) is 38.2 Å². The highest BCUT2D eigenvalue weighted by atomic mass is 35.5. The molecular weight excluding hydrogens is 262 g/mol. The maximum absolute atomic E-state index is 6.14. The zero-order valence-electron chi connectivity index (χ0n) is 11.6. The van der Waals surface area contributed by atoms with Crippen LogP contribution in [0.15, 0.2) is 12.1 Å². The Morgan fingerprint density at radius 1 is 1.26 bits per heavy atom. The fraction of sp³-hybridized carbons (Fsp3) is 0.600. The number of methoxy groups -OCH3 is 1. The number of hydrogen-bond donors (Lipinski definition) is 1. The molecule has 2 N–H and O–H groups in total. The Morgan fingerprint density at radius 3 is 2.53 bits per heavy atom. The van der Waals surface area contributed by atoms with E-state index in [-0.39, 0.29) is 6.10 Å². The smallest absolute Gasteiger partial charge is 0.166 e. The molecule has 0 unspecified atom stereocenters. The first-order valence-corrected chi connectivity index (χ1v) is 7.25. The molecule has 0 aromatic heterocycles. The molecule has 106 valence electrons. The van der Waals surface area contributed by atoms with Crippen LogP contribution < -0.4 is 15.2 Å². The summed E-state index contributed by atoms with van der Waals surface area (Å²) in [6.45, 7) is 2.69. The lowest BCUT2D eigenvalue weighted by Crippen LogP contribution is -2.24. The summed E-state index contributed by atoms with van der Waals surface area (Å²) >= 11 is 6.05. The molecule has 3 nitrogen and oxygen atoms in total. The quantitative estimate of drug-likeness (QED) is 0.915. The van der Waals surface area contributed by atoms with Gasteiger partial charge >= 0.3 is 0 Å². The maximum Gasteiger partial charge on any atom is 0.166 e. The van der Waals surface area contributed by atoms with Gasteiger partial charge in [-0.05, 0) is 37.7 Å². The molecule has 1 aromatic carbocycles. The van der Waals surface area contributed by atoms with Crippen LogP contribution in [0.2, 0.25) is 5.02 Å². The number of nitrogens with two attached hydrogens (primary N) is 1. The third-order valence-corrected chi connectivity index (χ3v) is 4.00. The molecule has 0 spiro atoms. The first-order chi connectivity index (χ1) is 9.13. The first kappa shape index (κ1) is 14.5. The summed E-state index contributed by atoms with van der Waals surface area (Å²) in [6.07, 6.45) is 4.89. The van der Waals surface area contributed by atoms with Crippen molar-refractivity contribution < 1.29 is 9.47 Å². The molecule has 0 aliphatic heterocycles. The van der Waals surface area contributed by atoms with Crippen molar-refractivity contribution in [3.8, 4) is 11.5 Å². The van der Waals surface area contributed by atoms with Crippen LogP contribution in [-0.4, -0.2) is 13.2 Å². The van der Waals surface area contributed by atoms with Gasteiger partial charge in [0.15, 0.2) is 11.5 Å². The van der Waals surface area contributed by atoms with E-state index in [0.717, 1.165) is 30.1 Å². The Labute approximate surface area is 120 Å². The van der Waals surface area contributed by atoms with Gasteiger partial charge in [0.05, 0.1) is 13.2 Å². The molecule has 19 heavy (non-hydrogen) atoms. The Balaban J connectivity index is 2.18. The molecule has 1 saturated carbocycles. The molecule has 0 heterocycles. The average molecular weight is 284 g/mol. The molecule has 1 fully saturated rings. The van der Waals surface area contributed by atoms with E-state index in [0.29, 0.717) is 17.3 Å². The summed E-state index contributed by atoms with van der Waals surface area (Å²) < 4.78 is 11.5. The van der Waals surface area contributed by atoms with Crippen LogP contribution in [0.3, 0.4) is 0 Å². The zero-order chi connectivity index (χ0) is 13.8. The van der Waals surface area contributed by atoms with Gasteiger partial charge < -0.3 is 15.2 Å². The normalized spacial score (nSPS) is 23.2. The number of ether oxygens (including phenoxy) is 2. The molecule has 1 aromatic rings. The van der Waals surface area contributed by atoms with E-state index in [1.807, 2.05) is 6.07 Å². The van der Waals surface area contributed by atoms with Crippen LogP contribution in [0.25, 0.3) is 0 Å². The molecule has 4 heteroatoms. The summed E-state index contributed by atoms with van der Waals surface area (Å²) in [5.74, 6) is 2.24. The molecule has 2 rings (SSSR count).